The number of rotatable bonds is 5. The number of thioether (sulfide) groups is 1. The molecule has 5 nitrogen and oxygen atoms in total. The number of nitrogens with zero attached hydrogens (tertiary/aromatic N) is 2. The Balaban J connectivity index is 1.73. The van der Waals surface area contributed by atoms with Crippen molar-refractivity contribution in [2.24, 2.45) is 0 Å². The standard InChI is InChI=1S/C17H19ClN2O3S2/c1-13(15-4-2-3-5-16(15)18)24-17-7-6-14(12-19-17)25(21,22)20-8-10-23-11-9-20/h2-7,12-13H,8-11H2,1H3. The Labute approximate surface area is 157 Å². The molecule has 0 radical (unpaired) electrons. The van der Waals surface area contributed by atoms with Gasteiger partial charge in [0.1, 0.15) is 4.90 Å². The molecule has 1 unspecified atom stereocenters. The highest BCUT2D eigenvalue weighted by Gasteiger charge is 2.26. The fourth-order valence-corrected chi connectivity index (χ4v) is 5.25. The molecule has 8 heteroatoms. The van der Waals surface area contributed by atoms with Crippen molar-refractivity contribution in [3.05, 3.63) is 53.2 Å². The first-order valence-electron chi connectivity index (χ1n) is 7.93. The lowest BCUT2D eigenvalue weighted by Crippen LogP contribution is -2.40. The van der Waals surface area contributed by atoms with Crippen molar-refractivity contribution in [3.63, 3.8) is 0 Å². The second-order valence-corrected chi connectivity index (χ2v) is 9.34. The number of pyridine rings is 1. The fourth-order valence-electron chi connectivity index (χ4n) is 2.57. The maximum Gasteiger partial charge on any atom is 0.244 e. The van der Waals surface area contributed by atoms with Gasteiger partial charge in [0.05, 0.1) is 18.2 Å². The predicted octanol–water partition coefficient (Wildman–Crippen LogP) is 3.61. The number of hydrogen-bond acceptors (Lipinski definition) is 5. The van der Waals surface area contributed by atoms with Crippen LogP contribution in [0.2, 0.25) is 5.02 Å². The summed E-state index contributed by atoms with van der Waals surface area (Å²) in [5, 5.41) is 1.59. The number of benzene rings is 1. The Morgan fingerprint density at radius 1 is 1.20 bits per heavy atom. The van der Waals surface area contributed by atoms with Gasteiger partial charge < -0.3 is 4.74 Å². The van der Waals surface area contributed by atoms with Gasteiger partial charge in [-0.2, -0.15) is 4.31 Å². The Morgan fingerprint density at radius 3 is 2.56 bits per heavy atom. The van der Waals surface area contributed by atoms with Gasteiger partial charge in [-0.15, -0.1) is 0 Å². The van der Waals surface area contributed by atoms with Gasteiger partial charge in [0.25, 0.3) is 0 Å². The van der Waals surface area contributed by atoms with Gasteiger partial charge in [-0.1, -0.05) is 41.6 Å². The van der Waals surface area contributed by atoms with Crippen LogP contribution in [0.5, 0.6) is 0 Å². The molecule has 0 aliphatic carbocycles. The number of sulfonamides is 1. The van der Waals surface area contributed by atoms with Gasteiger partial charge in [-0.05, 0) is 30.7 Å². The molecular formula is C17H19ClN2O3S2. The Bertz CT molecular complexity index is 822. The molecule has 134 valence electrons. The van der Waals surface area contributed by atoms with E-state index in [4.69, 9.17) is 16.3 Å². The lowest BCUT2D eigenvalue weighted by molar-refractivity contribution is 0.0730. The van der Waals surface area contributed by atoms with Gasteiger partial charge in [-0.3, -0.25) is 0 Å². The molecule has 25 heavy (non-hydrogen) atoms. The first kappa shape index (κ1) is 18.7. The van der Waals surface area contributed by atoms with Crippen LogP contribution < -0.4 is 0 Å². The minimum absolute atomic E-state index is 0.114. The minimum atomic E-state index is -3.51. The van der Waals surface area contributed by atoms with Crippen molar-refractivity contribution in [2.75, 3.05) is 26.3 Å². The first-order valence-corrected chi connectivity index (χ1v) is 10.6. The fraction of sp³-hybridized carbons (Fsp3) is 0.353. The average Bonchev–Trinajstić information content (AvgIpc) is 2.63. The summed E-state index contributed by atoms with van der Waals surface area (Å²) in [6.45, 7) is 3.66. The van der Waals surface area contributed by atoms with Gasteiger partial charge in [0.2, 0.25) is 10.0 Å². The van der Waals surface area contributed by atoms with Crippen LogP contribution in [-0.2, 0) is 14.8 Å². The van der Waals surface area contributed by atoms with Crippen molar-refractivity contribution in [1.82, 2.24) is 9.29 Å². The summed E-state index contributed by atoms with van der Waals surface area (Å²) in [6.07, 6.45) is 1.42. The molecule has 0 amide bonds. The van der Waals surface area contributed by atoms with Crippen molar-refractivity contribution >= 4 is 33.4 Å². The smallest absolute Gasteiger partial charge is 0.244 e. The van der Waals surface area contributed by atoms with Crippen LogP contribution in [0.1, 0.15) is 17.7 Å². The van der Waals surface area contributed by atoms with Gasteiger partial charge in [0.15, 0.2) is 0 Å². The number of morpholine rings is 1. The van der Waals surface area contributed by atoms with Crippen LogP contribution in [0.25, 0.3) is 0 Å². The number of halogens is 1. The summed E-state index contributed by atoms with van der Waals surface area (Å²) in [7, 11) is -3.51. The number of hydrogen-bond donors (Lipinski definition) is 0. The molecule has 1 aliphatic heterocycles. The Kier molecular flexibility index (Phi) is 6.01. The van der Waals surface area contributed by atoms with Crippen LogP contribution >= 0.6 is 23.4 Å². The van der Waals surface area contributed by atoms with Crippen molar-refractivity contribution in [1.29, 1.82) is 0 Å². The molecule has 1 aliphatic rings. The molecule has 1 aromatic heterocycles. The van der Waals surface area contributed by atoms with E-state index in [0.717, 1.165) is 10.6 Å². The lowest BCUT2D eigenvalue weighted by Gasteiger charge is -2.25. The van der Waals surface area contributed by atoms with Crippen LogP contribution in [0.4, 0.5) is 0 Å². The molecule has 1 saturated heterocycles. The zero-order valence-electron chi connectivity index (χ0n) is 13.8. The molecule has 1 aromatic carbocycles. The summed E-state index contributed by atoms with van der Waals surface area (Å²) in [6, 6.07) is 11.0. The summed E-state index contributed by atoms with van der Waals surface area (Å²) in [4.78, 5) is 4.53. The largest absolute Gasteiger partial charge is 0.379 e. The summed E-state index contributed by atoms with van der Waals surface area (Å²) < 4.78 is 31.8. The van der Waals surface area contributed by atoms with Crippen LogP contribution in [0.3, 0.4) is 0 Å². The molecular weight excluding hydrogens is 380 g/mol. The van der Waals surface area contributed by atoms with E-state index in [1.807, 2.05) is 31.2 Å². The average molecular weight is 399 g/mol. The summed E-state index contributed by atoms with van der Waals surface area (Å²) in [5.74, 6) is 0. The van der Waals surface area contributed by atoms with E-state index in [1.165, 1.54) is 10.5 Å². The molecule has 0 bridgehead atoms. The summed E-state index contributed by atoms with van der Waals surface area (Å²) >= 11 is 7.77. The van der Waals surface area contributed by atoms with E-state index in [9.17, 15) is 8.42 Å². The quantitative estimate of drug-likeness (QED) is 0.720. The normalized spacial score (nSPS) is 17.4. The zero-order valence-corrected chi connectivity index (χ0v) is 16.1. The second kappa shape index (κ2) is 8.05. The molecule has 0 saturated carbocycles. The zero-order chi connectivity index (χ0) is 17.9. The van der Waals surface area contributed by atoms with Gasteiger partial charge >= 0.3 is 0 Å². The maximum absolute atomic E-state index is 12.6. The van der Waals surface area contributed by atoms with Gasteiger partial charge in [0, 0.05) is 29.6 Å². The highest BCUT2D eigenvalue weighted by molar-refractivity contribution is 7.99. The highest BCUT2D eigenvalue weighted by Crippen LogP contribution is 2.37. The third-order valence-corrected chi connectivity index (χ3v) is 7.27. The highest BCUT2D eigenvalue weighted by atomic mass is 35.5. The molecule has 0 N–H and O–H groups in total. The third-order valence-electron chi connectivity index (χ3n) is 3.96. The number of aromatic nitrogens is 1. The molecule has 2 heterocycles. The molecule has 3 rings (SSSR count). The van der Waals surface area contributed by atoms with Crippen LogP contribution in [-0.4, -0.2) is 44.0 Å². The first-order chi connectivity index (χ1) is 12.0. The topological polar surface area (TPSA) is 59.5 Å². The van der Waals surface area contributed by atoms with Crippen LogP contribution in [0.15, 0.2) is 52.5 Å². The lowest BCUT2D eigenvalue weighted by atomic mass is 10.2. The van der Waals surface area contributed by atoms with Crippen molar-refractivity contribution in [2.45, 2.75) is 22.1 Å². The van der Waals surface area contributed by atoms with Crippen LogP contribution in [0, 0.1) is 0 Å². The second-order valence-electron chi connectivity index (χ2n) is 5.63. The van der Waals surface area contributed by atoms with E-state index >= 15 is 0 Å². The molecule has 1 fully saturated rings. The van der Waals surface area contributed by atoms with E-state index in [1.54, 1.807) is 23.9 Å². The maximum atomic E-state index is 12.6. The van der Waals surface area contributed by atoms with Crippen molar-refractivity contribution < 1.29 is 13.2 Å². The Hall–Kier alpha value is -1.12. The predicted molar refractivity (Wildman–Crippen MR) is 99.5 cm³/mol. The van der Waals surface area contributed by atoms with E-state index < -0.39 is 10.0 Å². The van der Waals surface area contributed by atoms with E-state index in [-0.39, 0.29) is 10.1 Å². The third kappa shape index (κ3) is 4.35. The summed E-state index contributed by atoms with van der Waals surface area (Å²) in [5.41, 5.74) is 1.03. The minimum Gasteiger partial charge on any atom is -0.379 e. The van der Waals surface area contributed by atoms with Gasteiger partial charge in [-0.25, -0.2) is 13.4 Å². The molecule has 1 atom stereocenters. The molecule has 2 aromatic rings. The monoisotopic (exact) mass is 398 g/mol. The number of ether oxygens (including phenoxy) is 1. The SMILES string of the molecule is CC(Sc1ccc(S(=O)(=O)N2CCOCC2)cn1)c1ccccc1Cl. The Morgan fingerprint density at radius 2 is 1.92 bits per heavy atom. The van der Waals surface area contributed by atoms with Crippen molar-refractivity contribution in [3.8, 4) is 0 Å². The van der Waals surface area contributed by atoms with E-state index in [2.05, 4.69) is 4.98 Å². The molecule has 0 spiro atoms. The van der Waals surface area contributed by atoms with E-state index in [0.29, 0.717) is 31.3 Å².